The third-order valence-corrected chi connectivity index (χ3v) is 3.42. The normalized spacial score (nSPS) is 25.7. The van der Waals surface area contributed by atoms with Crippen LogP contribution < -0.4 is 5.32 Å². The number of hydrogen-bond donors (Lipinski definition) is 1. The lowest BCUT2D eigenvalue weighted by molar-refractivity contribution is -0.151. The van der Waals surface area contributed by atoms with Gasteiger partial charge in [0.15, 0.2) is 0 Å². The van der Waals surface area contributed by atoms with Gasteiger partial charge in [-0.2, -0.15) is 0 Å². The number of rotatable bonds is 2. The minimum atomic E-state index is -0.621. The van der Waals surface area contributed by atoms with Crippen molar-refractivity contribution in [2.45, 2.75) is 39.8 Å². The number of likely N-dealkylation sites (N-methyl/N-ethyl adjacent to an activating group) is 1. The summed E-state index contributed by atoms with van der Waals surface area (Å²) < 4.78 is 5.22. The van der Waals surface area contributed by atoms with E-state index in [4.69, 9.17) is 4.74 Å². The molecule has 2 atom stereocenters. The maximum absolute atomic E-state index is 11.9. The Morgan fingerprint density at radius 3 is 2.22 bits per heavy atom. The van der Waals surface area contributed by atoms with Gasteiger partial charge in [0.2, 0.25) is 11.8 Å². The topological polar surface area (TPSA) is 75.7 Å². The Bertz CT molecular complexity index is 378. The van der Waals surface area contributed by atoms with Gasteiger partial charge >= 0.3 is 5.97 Å². The SMILES string of the molecule is CNC(=O)[C@H]1N(C(C)=O)C[C@@H](OC(C)=O)C1(C)C. The Labute approximate surface area is 107 Å². The predicted molar refractivity (Wildman–Crippen MR) is 64.6 cm³/mol. The van der Waals surface area contributed by atoms with Crippen molar-refractivity contribution in [2.24, 2.45) is 5.41 Å². The number of ether oxygens (including phenoxy) is 1. The first-order valence-corrected chi connectivity index (χ1v) is 5.87. The standard InChI is InChI=1S/C12H20N2O4/c1-7(15)14-6-9(18-8(2)16)12(3,4)10(14)11(17)13-5/h9-10H,6H2,1-5H3,(H,13,17)/t9-,10-/m1/s1. The molecule has 1 fully saturated rings. The van der Waals surface area contributed by atoms with Crippen LogP contribution in [0.4, 0.5) is 0 Å². The molecule has 0 aliphatic carbocycles. The predicted octanol–water partition coefficient (Wildman–Crippen LogP) is -0.0790. The maximum Gasteiger partial charge on any atom is 0.302 e. The fraction of sp³-hybridized carbons (Fsp3) is 0.750. The molecule has 0 unspecified atom stereocenters. The third kappa shape index (κ3) is 2.47. The molecular formula is C12H20N2O4. The van der Waals surface area contributed by atoms with E-state index in [1.54, 1.807) is 0 Å². The lowest BCUT2D eigenvalue weighted by Crippen LogP contribution is -2.50. The highest BCUT2D eigenvalue weighted by molar-refractivity contribution is 5.88. The van der Waals surface area contributed by atoms with Gasteiger partial charge in [-0.05, 0) is 0 Å². The Balaban J connectivity index is 3.07. The quantitative estimate of drug-likeness (QED) is 0.701. The van der Waals surface area contributed by atoms with Crippen molar-refractivity contribution in [3.63, 3.8) is 0 Å². The van der Waals surface area contributed by atoms with Crippen LogP contribution in [0.25, 0.3) is 0 Å². The number of nitrogens with one attached hydrogen (secondary N) is 1. The van der Waals surface area contributed by atoms with Crippen molar-refractivity contribution in [2.75, 3.05) is 13.6 Å². The maximum atomic E-state index is 11.9. The van der Waals surface area contributed by atoms with Crippen molar-refractivity contribution in [1.82, 2.24) is 10.2 Å². The minimum absolute atomic E-state index is 0.202. The van der Waals surface area contributed by atoms with E-state index in [-0.39, 0.29) is 18.4 Å². The number of carbonyl (C=O) groups excluding carboxylic acids is 3. The van der Waals surface area contributed by atoms with Crippen molar-refractivity contribution >= 4 is 17.8 Å². The third-order valence-electron chi connectivity index (χ3n) is 3.42. The first-order valence-electron chi connectivity index (χ1n) is 5.87. The smallest absolute Gasteiger partial charge is 0.302 e. The summed E-state index contributed by atoms with van der Waals surface area (Å²) in [6, 6.07) is -0.621. The number of hydrogen-bond acceptors (Lipinski definition) is 4. The fourth-order valence-electron chi connectivity index (χ4n) is 2.41. The molecule has 1 heterocycles. The zero-order valence-corrected chi connectivity index (χ0v) is 11.4. The van der Waals surface area contributed by atoms with Gasteiger partial charge in [-0.3, -0.25) is 14.4 Å². The Morgan fingerprint density at radius 2 is 1.83 bits per heavy atom. The molecule has 18 heavy (non-hydrogen) atoms. The molecule has 1 rings (SSSR count). The van der Waals surface area contributed by atoms with Gasteiger partial charge in [-0.25, -0.2) is 0 Å². The molecule has 0 radical (unpaired) electrons. The van der Waals surface area contributed by atoms with Crippen LogP contribution in [-0.2, 0) is 19.1 Å². The second kappa shape index (κ2) is 4.96. The molecule has 1 aliphatic rings. The highest BCUT2D eigenvalue weighted by Gasteiger charge is 2.54. The molecule has 0 spiro atoms. The van der Waals surface area contributed by atoms with Crippen molar-refractivity contribution in [1.29, 1.82) is 0 Å². The molecule has 6 nitrogen and oxygen atoms in total. The summed E-state index contributed by atoms with van der Waals surface area (Å²) in [5.74, 6) is -0.856. The second-order valence-electron chi connectivity index (χ2n) is 5.11. The van der Waals surface area contributed by atoms with Crippen LogP contribution in [0.3, 0.4) is 0 Å². The lowest BCUT2D eigenvalue weighted by atomic mass is 9.82. The van der Waals surface area contributed by atoms with E-state index in [1.807, 2.05) is 13.8 Å². The summed E-state index contributed by atoms with van der Waals surface area (Å²) in [7, 11) is 1.52. The van der Waals surface area contributed by atoms with Gasteiger partial charge in [-0.15, -0.1) is 0 Å². The van der Waals surface area contributed by atoms with Crippen molar-refractivity contribution in [3.05, 3.63) is 0 Å². The minimum Gasteiger partial charge on any atom is -0.460 e. The zero-order valence-electron chi connectivity index (χ0n) is 11.4. The largest absolute Gasteiger partial charge is 0.460 e. The summed E-state index contributed by atoms with van der Waals surface area (Å²) in [4.78, 5) is 36.1. The van der Waals surface area contributed by atoms with Crippen LogP contribution >= 0.6 is 0 Å². The zero-order chi connectivity index (χ0) is 14.1. The van der Waals surface area contributed by atoms with E-state index in [0.717, 1.165) is 0 Å². The molecule has 2 amide bonds. The van der Waals surface area contributed by atoms with Crippen LogP contribution in [0, 0.1) is 5.41 Å². The number of carbonyl (C=O) groups is 3. The highest BCUT2D eigenvalue weighted by atomic mass is 16.5. The average Bonchev–Trinajstić information content (AvgIpc) is 2.49. The summed E-state index contributed by atoms with van der Waals surface area (Å²) in [5.41, 5.74) is -0.614. The number of esters is 1. The monoisotopic (exact) mass is 256 g/mol. The average molecular weight is 256 g/mol. The second-order valence-corrected chi connectivity index (χ2v) is 5.11. The Kier molecular flexibility index (Phi) is 3.98. The summed E-state index contributed by atoms with van der Waals surface area (Å²) in [5, 5.41) is 2.55. The Hall–Kier alpha value is -1.59. The van der Waals surface area contributed by atoms with Gasteiger partial charge in [0.1, 0.15) is 12.1 Å². The molecule has 0 aromatic rings. The van der Waals surface area contributed by atoms with E-state index in [2.05, 4.69) is 5.32 Å². The molecular weight excluding hydrogens is 236 g/mol. The molecule has 1 N–H and O–H groups in total. The van der Waals surface area contributed by atoms with E-state index >= 15 is 0 Å². The molecule has 102 valence electrons. The van der Waals surface area contributed by atoms with Gasteiger partial charge in [0, 0.05) is 26.3 Å². The van der Waals surface area contributed by atoms with E-state index in [1.165, 1.54) is 25.8 Å². The van der Waals surface area contributed by atoms with Gasteiger partial charge < -0.3 is 15.0 Å². The number of nitrogens with zero attached hydrogens (tertiary/aromatic N) is 1. The van der Waals surface area contributed by atoms with Crippen molar-refractivity contribution in [3.8, 4) is 0 Å². The molecule has 1 aliphatic heterocycles. The molecule has 0 aromatic heterocycles. The van der Waals surface area contributed by atoms with Gasteiger partial charge in [0.25, 0.3) is 0 Å². The first kappa shape index (κ1) is 14.5. The summed E-state index contributed by atoms with van der Waals surface area (Å²) in [6.07, 6.45) is -0.471. The van der Waals surface area contributed by atoms with Crippen LogP contribution in [0.2, 0.25) is 0 Å². The van der Waals surface area contributed by atoms with Crippen LogP contribution in [0.5, 0.6) is 0 Å². The van der Waals surface area contributed by atoms with E-state index < -0.39 is 23.5 Å². The first-order chi connectivity index (χ1) is 8.21. The van der Waals surface area contributed by atoms with E-state index in [9.17, 15) is 14.4 Å². The highest BCUT2D eigenvalue weighted by Crippen LogP contribution is 2.38. The number of likely N-dealkylation sites (tertiary alicyclic amines) is 1. The van der Waals surface area contributed by atoms with Crippen LogP contribution in [-0.4, -0.2) is 48.4 Å². The summed E-state index contributed by atoms with van der Waals surface area (Å²) >= 11 is 0. The van der Waals surface area contributed by atoms with Gasteiger partial charge in [0.05, 0.1) is 6.54 Å². The summed E-state index contributed by atoms with van der Waals surface area (Å²) in [6.45, 7) is 6.62. The lowest BCUT2D eigenvalue weighted by Gasteiger charge is -2.31. The molecule has 0 saturated carbocycles. The van der Waals surface area contributed by atoms with Crippen LogP contribution in [0.1, 0.15) is 27.7 Å². The molecule has 6 heteroatoms. The molecule has 0 bridgehead atoms. The van der Waals surface area contributed by atoms with Gasteiger partial charge in [-0.1, -0.05) is 13.8 Å². The van der Waals surface area contributed by atoms with Crippen molar-refractivity contribution < 1.29 is 19.1 Å². The van der Waals surface area contributed by atoms with E-state index in [0.29, 0.717) is 0 Å². The van der Waals surface area contributed by atoms with Crippen LogP contribution in [0.15, 0.2) is 0 Å². The fourth-order valence-corrected chi connectivity index (χ4v) is 2.41. The molecule has 0 aromatic carbocycles. The molecule has 1 saturated heterocycles. The Morgan fingerprint density at radius 1 is 1.28 bits per heavy atom. The number of amides is 2.